The second kappa shape index (κ2) is 10.0. The Labute approximate surface area is 203 Å². The Morgan fingerprint density at radius 3 is 2.14 bits per heavy atom. The molecule has 0 spiro atoms. The molecule has 0 radical (unpaired) electrons. The Balaban J connectivity index is 1.48. The monoisotopic (exact) mass is 476 g/mol. The van der Waals surface area contributed by atoms with Crippen molar-refractivity contribution < 1.29 is 24.2 Å². The first-order valence-electron chi connectivity index (χ1n) is 11.4. The van der Waals surface area contributed by atoms with E-state index in [-0.39, 0.29) is 12.5 Å². The zero-order valence-corrected chi connectivity index (χ0v) is 19.8. The topological polar surface area (TPSA) is 123 Å². The first-order chi connectivity index (χ1) is 16.8. The van der Waals surface area contributed by atoms with E-state index in [4.69, 9.17) is 4.74 Å². The molecule has 2 aromatic carbocycles. The molecule has 0 bridgehead atoms. The highest BCUT2D eigenvalue weighted by molar-refractivity contribution is 5.87. The quantitative estimate of drug-likeness (QED) is 0.459. The van der Waals surface area contributed by atoms with Crippen LogP contribution in [0.15, 0.2) is 60.8 Å². The van der Waals surface area contributed by atoms with Crippen LogP contribution in [0.3, 0.4) is 0 Å². The Hall–Kier alpha value is -4.14. The lowest BCUT2D eigenvalue weighted by atomic mass is 9.98. The van der Waals surface area contributed by atoms with Crippen molar-refractivity contribution in [2.45, 2.75) is 31.8 Å². The van der Waals surface area contributed by atoms with Gasteiger partial charge in [0.1, 0.15) is 6.61 Å². The molecule has 1 aliphatic rings. The number of carboxylic acid groups (broad SMARTS) is 1. The zero-order chi connectivity index (χ0) is 25.1. The number of benzene rings is 2. The number of carbonyl (C=O) groups is 3. The van der Waals surface area contributed by atoms with Crippen LogP contribution in [0, 0.1) is 5.92 Å². The predicted molar refractivity (Wildman–Crippen MR) is 129 cm³/mol. The lowest BCUT2D eigenvalue weighted by Gasteiger charge is -2.23. The van der Waals surface area contributed by atoms with E-state index in [0.29, 0.717) is 5.69 Å². The van der Waals surface area contributed by atoms with E-state index in [1.165, 1.54) is 17.8 Å². The number of fused-ring (bicyclic) bond motifs is 3. The fraction of sp³-hybridized carbons (Fsp3) is 0.308. The van der Waals surface area contributed by atoms with Crippen LogP contribution >= 0.6 is 0 Å². The molecule has 0 fully saturated rings. The van der Waals surface area contributed by atoms with Crippen LogP contribution in [0.1, 0.15) is 42.6 Å². The van der Waals surface area contributed by atoms with Crippen molar-refractivity contribution in [3.63, 3.8) is 0 Å². The van der Waals surface area contributed by atoms with E-state index < -0.39 is 36.0 Å². The number of rotatable bonds is 8. The lowest BCUT2D eigenvalue weighted by molar-refractivity contribution is -0.142. The lowest BCUT2D eigenvalue weighted by Crippen LogP contribution is -2.47. The molecule has 3 unspecified atom stereocenters. The summed E-state index contributed by atoms with van der Waals surface area (Å²) in [6.45, 7) is 3.21. The number of amides is 2. The van der Waals surface area contributed by atoms with E-state index in [1.54, 1.807) is 20.0 Å². The first kappa shape index (κ1) is 24.0. The van der Waals surface area contributed by atoms with Crippen LogP contribution in [0.4, 0.5) is 4.79 Å². The maximum atomic E-state index is 13.0. The standard InChI is InChI=1S/C26H28N4O5/c1-15(25(32)33)16(2)28-24(31)23(22-12-13-27-30(22)3)29-26(34)35-14-21-19-10-6-4-8-17(19)18-9-5-7-11-20(18)21/h4-13,15-16,21,23H,14H2,1-3H3,(H,28,31)(H,29,34)(H,32,33). The average Bonchev–Trinajstić information content (AvgIpc) is 3.41. The Morgan fingerprint density at radius 1 is 1.00 bits per heavy atom. The third-order valence-corrected chi connectivity index (χ3v) is 6.53. The van der Waals surface area contributed by atoms with Crippen LogP contribution < -0.4 is 10.6 Å². The number of hydrogen-bond donors (Lipinski definition) is 3. The van der Waals surface area contributed by atoms with Crippen LogP contribution in [-0.4, -0.2) is 45.5 Å². The molecule has 1 aliphatic carbocycles. The Morgan fingerprint density at radius 2 is 1.60 bits per heavy atom. The summed E-state index contributed by atoms with van der Waals surface area (Å²) in [6.07, 6.45) is 0.755. The van der Waals surface area contributed by atoms with E-state index in [2.05, 4.69) is 27.9 Å². The van der Waals surface area contributed by atoms with Crippen molar-refractivity contribution >= 4 is 18.0 Å². The molecule has 3 atom stereocenters. The van der Waals surface area contributed by atoms with Gasteiger partial charge in [-0.25, -0.2) is 4.79 Å². The van der Waals surface area contributed by atoms with Crippen molar-refractivity contribution in [3.05, 3.63) is 77.6 Å². The largest absolute Gasteiger partial charge is 0.481 e. The van der Waals surface area contributed by atoms with Gasteiger partial charge in [0.2, 0.25) is 5.91 Å². The SMILES string of the molecule is CC(NC(=O)C(NC(=O)OCC1c2ccccc2-c2ccccc21)c1ccnn1C)C(C)C(=O)O. The maximum absolute atomic E-state index is 13.0. The van der Waals surface area contributed by atoms with Crippen LogP contribution in [0.25, 0.3) is 11.1 Å². The highest BCUT2D eigenvalue weighted by atomic mass is 16.5. The van der Waals surface area contributed by atoms with E-state index >= 15 is 0 Å². The van der Waals surface area contributed by atoms with Gasteiger partial charge >= 0.3 is 12.1 Å². The van der Waals surface area contributed by atoms with Crippen LogP contribution in [0.2, 0.25) is 0 Å². The van der Waals surface area contributed by atoms with E-state index in [0.717, 1.165) is 22.3 Å². The van der Waals surface area contributed by atoms with E-state index in [9.17, 15) is 19.5 Å². The summed E-state index contributed by atoms with van der Waals surface area (Å²) in [5.41, 5.74) is 4.83. The number of hydrogen-bond acceptors (Lipinski definition) is 5. The Kier molecular flexibility index (Phi) is 6.86. The molecule has 0 saturated carbocycles. The normalized spacial score (nSPS) is 14.8. The van der Waals surface area contributed by atoms with Gasteiger partial charge in [-0.2, -0.15) is 5.10 Å². The van der Waals surface area contributed by atoms with Gasteiger partial charge in [0.05, 0.1) is 11.6 Å². The smallest absolute Gasteiger partial charge is 0.408 e. The summed E-state index contributed by atoms with van der Waals surface area (Å²) in [4.78, 5) is 37.2. The molecule has 0 saturated heterocycles. The van der Waals surface area contributed by atoms with Crippen molar-refractivity contribution in [2.75, 3.05) is 6.61 Å². The summed E-state index contributed by atoms with van der Waals surface area (Å²) in [5.74, 6) is -2.50. The maximum Gasteiger partial charge on any atom is 0.408 e. The number of nitrogens with one attached hydrogen (secondary N) is 2. The molecule has 0 aliphatic heterocycles. The second-order valence-corrected chi connectivity index (χ2v) is 8.71. The van der Waals surface area contributed by atoms with Gasteiger partial charge in [-0.05, 0) is 42.2 Å². The van der Waals surface area contributed by atoms with Gasteiger partial charge in [0, 0.05) is 25.2 Å². The zero-order valence-electron chi connectivity index (χ0n) is 19.8. The number of nitrogens with zero attached hydrogens (tertiary/aromatic N) is 2. The molecular weight excluding hydrogens is 448 g/mol. The second-order valence-electron chi connectivity index (χ2n) is 8.71. The molecule has 3 aromatic rings. The van der Waals surface area contributed by atoms with Gasteiger partial charge in [-0.15, -0.1) is 0 Å². The third-order valence-electron chi connectivity index (χ3n) is 6.53. The number of aryl methyl sites for hydroxylation is 1. The molecule has 2 amide bonds. The average molecular weight is 477 g/mol. The summed E-state index contributed by atoms with van der Waals surface area (Å²) in [5, 5.41) is 18.6. The summed E-state index contributed by atoms with van der Waals surface area (Å²) in [7, 11) is 1.65. The van der Waals surface area contributed by atoms with Gasteiger partial charge in [-0.3, -0.25) is 14.3 Å². The fourth-order valence-corrected chi connectivity index (χ4v) is 4.35. The third kappa shape index (κ3) is 4.89. The van der Waals surface area contributed by atoms with Crippen LogP contribution in [0.5, 0.6) is 0 Å². The minimum Gasteiger partial charge on any atom is -0.481 e. The molecule has 1 heterocycles. The highest BCUT2D eigenvalue weighted by Gasteiger charge is 2.32. The van der Waals surface area contributed by atoms with Crippen molar-refractivity contribution in [1.29, 1.82) is 0 Å². The van der Waals surface area contributed by atoms with Crippen molar-refractivity contribution in [3.8, 4) is 11.1 Å². The molecule has 182 valence electrons. The van der Waals surface area contributed by atoms with Gasteiger partial charge < -0.3 is 20.5 Å². The minimum absolute atomic E-state index is 0.103. The number of carbonyl (C=O) groups excluding carboxylic acids is 2. The molecule has 3 N–H and O–H groups in total. The van der Waals surface area contributed by atoms with Gasteiger partial charge in [-0.1, -0.05) is 48.5 Å². The molecular formula is C26H28N4O5. The predicted octanol–water partition coefficient (Wildman–Crippen LogP) is 3.23. The van der Waals surface area contributed by atoms with Crippen molar-refractivity contribution in [2.24, 2.45) is 13.0 Å². The summed E-state index contributed by atoms with van der Waals surface area (Å²) in [6, 6.07) is 15.9. The Bertz CT molecular complexity index is 1210. The minimum atomic E-state index is -1.11. The summed E-state index contributed by atoms with van der Waals surface area (Å²) >= 11 is 0. The fourth-order valence-electron chi connectivity index (χ4n) is 4.35. The highest BCUT2D eigenvalue weighted by Crippen LogP contribution is 2.44. The number of alkyl carbamates (subject to hydrolysis) is 1. The van der Waals surface area contributed by atoms with Gasteiger partial charge in [0.25, 0.3) is 0 Å². The van der Waals surface area contributed by atoms with Gasteiger partial charge in [0.15, 0.2) is 6.04 Å². The molecule has 4 rings (SSSR count). The molecule has 35 heavy (non-hydrogen) atoms. The summed E-state index contributed by atoms with van der Waals surface area (Å²) < 4.78 is 7.07. The first-order valence-corrected chi connectivity index (χ1v) is 11.4. The number of ether oxygens (including phenoxy) is 1. The molecule has 9 heteroatoms. The van der Waals surface area contributed by atoms with Crippen molar-refractivity contribution in [1.82, 2.24) is 20.4 Å². The van der Waals surface area contributed by atoms with Crippen LogP contribution in [-0.2, 0) is 21.4 Å². The number of aliphatic carboxylic acids is 1. The molecule has 1 aromatic heterocycles. The molecule has 9 nitrogen and oxygen atoms in total. The van der Waals surface area contributed by atoms with E-state index in [1.807, 2.05) is 36.4 Å². The number of carboxylic acids is 1. The number of aromatic nitrogens is 2.